The summed E-state index contributed by atoms with van der Waals surface area (Å²) >= 11 is -1.79. The van der Waals surface area contributed by atoms with Crippen LogP contribution < -0.4 is 10.5 Å². The van der Waals surface area contributed by atoms with E-state index in [0.717, 1.165) is 11.1 Å². The highest BCUT2D eigenvalue weighted by atomic mass is 32.2. The van der Waals surface area contributed by atoms with Crippen LogP contribution in [0.25, 0.3) is 5.69 Å². The number of amides is 1. The van der Waals surface area contributed by atoms with Crippen LogP contribution in [0.4, 0.5) is 5.69 Å². The number of carbonyl (C=O) groups is 1. The van der Waals surface area contributed by atoms with Crippen LogP contribution in [0.5, 0.6) is 0 Å². The summed E-state index contributed by atoms with van der Waals surface area (Å²) in [5.41, 5.74) is 3.37. The molecule has 3 aromatic rings. The molecule has 0 radical (unpaired) electrons. The van der Waals surface area contributed by atoms with Gasteiger partial charge in [0.25, 0.3) is 0 Å². The van der Waals surface area contributed by atoms with Crippen LogP contribution in [0, 0.1) is 18.3 Å². The lowest BCUT2D eigenvalue weighted by Gasteiger charge is -2.12. The van der Waals surface area contributed by atoms with Gasteiger partial charge in [-0.1, -0.05) is 29.8 Å². The largest absolute Gasteiger partial charge is 0.593 e. The Bertz CT molecular complexity index is 1010. The molecule has 7 nitrogen and oxygen atoms in total. The molecule has 1 atom stereocenters. The number of aryl methyl sites for hydroxylation is 1. The molecule has 0 aliphatic carbocycles. The number of benzene rings is 2. The topological polar surface area (TPSA) is 120 Å². The fraction of sp³-hybridized carbons (Fsp3) is 0.105. The van der Waals surface area contributed by atoms with Crippen molar-refractivity contribution in [3.63, 3.8) is 0 Å². The predicted molar refractivity (Wildman–Crippen MR) is 102 cm³/mol. The molecule has 27 heavy (non-hydrogen) atoms. The first-order valence-electron chi connectivity index (χ1n) is 8.07. The minimum atomic E-state index is -1.79. The summed E-state index contributed by atoms with van der Waals surface area (Å²) in [6.45, 7) is 1.99. The minimum absolute atomic E-state index is 0.189. The van der Waals surface area contributed by atoms with Crippen molar-refractivity contribution < 1.29 is 9.35 Å². The van der Waals surface area contributed by atoms with E-state index in [1.807, 2.05) is 37.3 Å². The number of nitriles is 1. The van der Waals surface area contributed by atoms with Gasteiger partial charge in [-0.2, -0.15) is 10.4 Å². The minimum Gasteiger partial charge on any atom is -0.593 e. The van der Waals surface area contributed by atoms with Crippen molar-refractivity contribution in [1.29, 1.82) is 5.26 Å². The van der Waals surface area contributed by atoms with Crippen LogP contribution in [-0.2, 0) is 22.6 Å². The van der Waals surface area contributed by atoms with Gasteiger partial charge >= 0.3 is 0 Å². The highest BCUT2D eigenvalue weighted by Crippen LogP contribution is 2.23. The summed E-state index contributed by atoms with van der Waals surface area (Å²) < 4.78 is 13.4. The van der Waals surface area contributed by atoms with Crippen molar-refractivity contribution in [2.75, 3.05) is 5.32 Å². The number of rotatable bonds is 5. The van der Waals surface area contributed by atoms with Gasteiger partial charge in [0.1, 0.15) is 11.8 Å². The Morgan fingerprint density at radius 2 is 2.07 bits per heavy atom. The zero-order valence-corrected chi connectivity index (χ0v) is 15.4. The first-order chi connectivity index (χ1) is 13.0. The molecule has 1 unspecified atom stereocenters. The average molecular weight is 379 g/mol. The monoisotopic (exact) mass is 379 g/mol. The summed E-state index contributed by atoms with van der Waals surface area (Å²) in [5, 5.41) is 21.4. The highest BCUT2D eigenvalue weighted by molar-refractivity contribution is 7.89. The molecule has 0 saturated heterocycles. The number of hydrogen-bond donors (Lipinski definition) is 2. The van der Waals surface area contributed by atoms with E-state index < -0.39 is 11.4 Å². The molecule has 1 heterocycles. The molecule has 3 N–H and O–H groups in total. The zero-order chi connectivity index (χ0) is 19.4. The molecular formula is C19H17N5O2S. The van der Waals surface area contributed by atoms with Crippen LogP contribution in [0.15, 0.2) is 59.8 Å². The fourth-order valence-corrected chi connectivity index (χ4v) is 3.16. The van der Waals surface area contributed by atoms with Gasteiger partial charge in [-0.3, -0.25) is 4.79 Å². The van der Waals surface area contributed by atoms with Gasteiger partial charge in [0.05, 0.1) is 29.5 Å². The Hall–Kier alpha value is -3.12. The van der Waals surface area contributed by atoms with Crippen molar-refractivity contribution in [3.05, 3.63) is 71.5 Å². The fourth-order valence-electron chi connectivity index (χ4n) is 2.55. The molecule has 0 aliphatic heterocycles. The third kappa shape index (κ3) is 4.54. The van der Waals surface area contributed by atoms with Crippen molar-refractivity contribution in [2.24, 2.45) is 5.14 Å². The molecule has 1 amide bonds. The lowest BCUT2D eigenvalue weighted by Crippen LogP contribution is -2.18. The third-order valence-electron chi connectivity index (χ3n) is 3.90. The Morgan fingerprint density at radius 3 is 2.70 bits per heavy atom. The number of anilines is 1. The van der Waals surface area contributed by atoms with E-state index in [2.05, 4.69) is 10.4 Å². The summed E-state index contributed by atoms with van der Waals surface area (Å²) in [4.78, 5) is 12.6. The molecule has 136 valence electrons. The van der Waals surface area contributed by atoms with Gasteiger partial charge in [0.2, 0.25) is 10.8 Å². The second kappa shape index (κ2) is 8.05. The van der Waals surface area contributed by atoms with Crippen LogP contribution in [0.2, 0.25) is 0 Å². The van der Waals surface area contributed by atoms with Gasteiger partial charge in [-0.25, -0.2) is 4.68 Å². The summed E-state index contributed by atoms with van der Waals surface area (Å²) in [7, 11) is 0. The first-order valence-corrected chi connectivity index (χ1v) is 9.28. The maximum atomic E-state index is 12.3. The molecule has 3 rings (SSSR count). The third-order valence-corrected chi connectivity index (χ3v) is 4.66. The standard InChI is InChI=1S/C19H17N5O2S/c1-13-2-4-14(5-3-13)8-19(25)23-16-6-7-17(18(9-16)27(21)26)24-12-15(10-20)11-22-24/h2-7,9,11-12H,8,21H2,1H3,(H,23,25). The van der Waals surface area contributed by atoms with E-state index in [4.69, 9.17) is 10.4 Å². The maximum Gasteiger partial charge on any atom is 0.228 e. The zero-order valence-electron chi connectivity index (χ0n) is 14.5. The van der Waals surface area contributed by atoms with Crippen molar-refractivity contribution in [3.8, 4) is 11.8 Å². The van der Waals surface area contributed by atoms with Crippen LogP contribution in [0.1, 0.15) is 16.7 Å². The van der Waals surface area contributed by atoms with Gasteiger partial charge in [-0.15, -0.1) is 5.14 Å². The van der Waals surface area contributed by atoms with Gasteiger partial charge in [-0.05, 0) is 24.6 Å². The second-order valence-electron chi connectivity index (χ2n) is 5.98. The number of nitrogens with zero attached hydrogens (tertiary/aromatic N) is 3. The smallest absolute Gasteiger partial charge is 0.228 e. The van der Waals surface area contributed by atoms with Gasteiger partial charge < -0.3 is 9.87 Å². The van der Waals surface area contributed by atoms with E-state index in [1.165, 1.54) is 17.1 Å². The molecule has 0 spiro atoms. The van der Waals surface area contributed by atoms with Crippen LogP contribution >= 0.6 is 0 Å². The molecule has 0 saturated carbocycles. The van der Waals surface area contributed by atoms with E-state index >= 15 is 0 Å². The number of aromatic nitrogens is 2. The Kier molecular flexibility index (Phi) is 5.57. The highest BCUT2D eigenvalue weighted by Gasteiger charge is 2.17. The molecule has 1 aromatic heterocycles. The summed E-state index contributed by atoms with van der Waals surface area (Å²) in [6, 6.07) is 14.6. The molecule has 0 aliphatic rings. The quantitative estimate of drug-likeness (QED) is 0.659. The van der Waals surface area contributed by atoms with E-state index in [9.17, 15) is 9.35 Å². The molecule has 0 bridgehead atoms. The number of nitrogens with two attached hydrogens (primary N) is 1. The number of nitrogens with one attached hydrogen (secondary N) is 1. The molecular weight excluding hydrogens is 362 g/mol. The Balaban J connectivity index is 1.80. The van der Waals surface area contributed by atoms with Crippen molar-refractivity contribution in [2.45, 2.75) is 18.2 Å². The van der Waals surface area contributed by atoms with E-state index in [0.29, 0.717) is 21.8 Å². The summed E-state index contributed by atoms with van der Waals surface area (Å²) in [6.07, 6.45) is 3.15. The molecule has 2 aromatic carbocycles. The van der Waals surface area contributed by atoms with Crippen LogP contribution in [-0.4, -0.2) is 20.2 Å². The Morgan fingerprint density at radius 1 is 1.33 bits per heavy atom. The Labute approximate surface area is 159 Å². The number of hydrogen-bond acceptors (Lipinski definition) is 5. The molecule has 8 heteroatoms. The van der Waals surface area contributed by atoms with E-state index in [1.54, 1.807) is 18.2 Å². The van der Waals surface area contributed by atoms with E-state index in [-0.39, 0.29) is 12.3 Å². The van der Waals surface area contributed by atoms with Crippen molar-refractivity contribution >= 4 is 23.0 Å². The van der Waals surface area contributed by atoms with Gasteiger partial charge in [0, 0.05) is 18.0 Å². The summed E-state index contributed by atoms with van der Waals surface area (Å²) in [5.74, 6) is -0.189. The molecule has 0 fully saturated rings. The normalized spacial score (nSPS) is 11.6. The first kappa shape index (κ1) is 18.7. The predicted octanol–water partition coefficient (Wildman–Crippen LogP) is 2.21. The SMILES string of the molecule is Cc1ccc(CC(=O)Nc2ccc(-n3cc(C#N)cn3)c([S+](N)[O-])c2)cc1. The lowest BCUT2D eigenvalue weighted by molar-refractivity contribution is -0.115. The van der Waals surface area contributed by atoms with Gasteiger partial charge in [0.15, 0.2) is 0 Å². The van der Waals surface area contributed by atoms with Crippen LogP contribution in [0.3, 0.4) is 0 Å². The van der Waals surface area contributed by atoms with Crippen molar-refractivity contribution in [1.82, 2.24) is 9.78 Å². The second-order valence-corrected chi connectivity index (χ2v) is 7.01. The maximum absolute atomic E-state index is 12.3. The average Bonchev–Trinajstić information content (AvgIpc) is 3.12. The number of carbonyl (C=O) groups excluding carboxylic acids is 1. The lowest BCUT2D eigenvalue weighted by atomic mass is 10.1.